The van der Waals surface area contributed by atoms with Crippen LogP contribution in [0.1, 0.15) is 13.3 Å². The van der Waals surface area contributed by atoms with E-state index in [9.17, 15) is 0 Å². The maximum absolute atomic E-state index is 4.12. The Morgan fingerprint density at radius 3 is 3.17 bits per heavy atom. The molecular weight excluding hydrogens is 148 g/mol. The highest BCUT2D eigenvalue weighted by molar-refractivity contribution is 6.22. The Kier molecular flexibility index (Phi) is 3.20. The quantitative estimate of drug-likeness (QED) is 0.593. The monoisotopic (exact) mass is 160 g/mol. The summed E-state index contributed by atoms with van der Waals surface area (Å²) in [6.45, 7) is 5.64. The minimum absolute atomic E-state index is 0.932. The molecule has 1 aliphatic rings. The van der Waals surface area contributed by atoms with Crippen molar-refractivity contribution in [2.24, 2.45) is 9.98 Å². The van der Waals surface area contributed by atoms with E-state index < -0.39 is 0 Å². The first-order valence-electron chi connectivity index (χ1n) is 3.97. The summed E-state index contributed by atoms with van der Waals surface area (Å²) in [4.78, 5) is 8.14. The fourth-order valence-electron chi connectivity index (χ4n) is 0.992. The average molecular weight is 160 g/mol. The Hall–Kier alpha value is -1.44. The van der Waals surface area contributed by atoms with Gasteiger partial charge in [-0.2, -0.15) is 0 Å². The molecule has 0 atom stereocenters. The first kappa shape index (κ1) is 8.65. The molecule has 0 bridgehead atoms. The number of hydrogen-bond donors (Lipinski definition) is 0. The van der Waals surface area contributed by atoms with Crippen molar-refractivity contribution in [1.82, 2.24) is 0 Å². The van der Waals surface area contributed by atoms with E-state index in [2.05, 4.69) is 29.6 Å². The molecule has 0 aromatic heterocycles. The minimum Gasteiger partial charge on any atom is -0.264 e. The van der Waals surface area contributed by atoms with Crippen LogP contribution in [0.4, 0.5) is 0 Å². The molecule has 0 spiro atoms. The number of hydrogen-bond acceptors (Lipinski definition) is 2. The van der Waals surface area contributed by atoms with Crippen LogP contribution in [0.25, 0.3) is 0 Å². The number of allylic oxidation sites excluding steroid dienone is 3. The van der Waals surface area contributed by atoms with Crippen molar-refractivity contribution < 1.29 is 0 Å². The third kappa shape index (κ3) is 2.02. The van der Waals surface area contributed by atoms with Gasteiger partial charge in [-0.15, -0.1) is 0 Å². The maximum atomic E-state index is 4.12. The van der Waals surface area contributed by atoms with Crippen molar-refractivity contribution in [3.8, 4) is 0 Å². The van der Waals surface area contributed by atoms with E-state index in [0.717, 1.165) is 17.7 Å². The summed E-state index contributed by atoms with van der Waals surface area (Å²) in [6, 6.07) is 0. The van der Waals surface area contributed by atoms with E-state index in [1.54, 1.807) is 12.4 Å². The molecule has 62 valence electrons. The van der Waals surface area contributed by atoms with Crippen molar-refractivity contribution >= 4 is 11.9 Å². The molecule has 0 saturated carbocycles. The van der Waals surface area contributed by atoms with Crippen molar-refractivity contribution in [2.45, 2.75) is 13.3 Å². The Bertz CT molecular complexity index is 280. The summed E-state index contributed by atoms with van der Waals surface area (Å²) >= 11 is 0. The zero-order chi connectivity index (χ0) is 8.81. The average Bonchev–Trinajstić information content (AvgIpc) is 2.09. The Balaban J connectivity index is 2.92. The third-order valence-electron chi connectivity index (χ3n) is 1.48. The molecule has 1 rings (SSSR count). The van der Waals surface area contributed by atoms with E-state index in [-0.39, 0.29) is 0 Å². The number of aliphatic imine (C=N–C) groups is 2. The molecule has 2 nitrogen and oxygen atoms in total. The van der Waals surface area contributed by atoms with Gasteiger partial charge in [0.05, 0.1) is 5.71 Å². The van der Waals surface area contributed by atoms with Crippen LogP contribution in [0.5, 0.6) is 0 Å². The van der Waals surface area contributed by atoms with Crippen LogP contribution in [0.2, 0.25) is 0 Å². The molecule has 0 N–H and O–H groups in total. The molecule has 0 saturated heterocycles. The Morgan fingerprint density at radius 1 is 1.67 bits per heavy atom. The summed E-state index contributed by atoms with van der Waals surface area (Å²) in [6.07, 6.45) is 10.0. The molecule has 0 fully saturated rings. The number of nitrogens with zero attached hydrogens (tertiary/aromatic N) is 2. The molecule has 0 amide bonds. The molecule has 0 aromatic carbocycles. The van der Waals surface area contributed by atoms with Gasteiger partial charge < -0.3 is 0 Å². The van der Waals surface area contributed by atoms with Crippen molar-refractivity contribution in [1.29, 1.82) is 0 Å². The number of rotatable bonds is 2. The van der Waals surface area contributed by atoms with Gasteiger partial charge in [-0.3, -0.25) is 9.98 Å². The first-order chi connectivity index (χ1) is 5.88. The van der Waals surface area contributed by atoms with Crippen LogP contribution < -0.4 is 0 Å². The van der Waals surface area contributed by atoms with Crippen molar-refractivity contribution in [3.63, 3.8) is 0 Å². The van der Waals surface area contributed by atoms with Gasteiger partial charge in [0.15, 0.2) is 0 Å². The van der Waals surface area contributed by atoms with E-state index in [0.29, 0.717) is 0 Å². The molecule has 0 aromatic rings. The lowest BCUT2D eigenvalue weighted by molar-refractivity contribution is 1.22. The van der Waals surface area contributed by atoms with Crippen molar-refractivity contribution in [2.75, 3.05) is 0 Å². The van der Waals surface area contributed by atoms with Crippen LogP contribution in [0.3, 0.4) is 0 Å². The predicted molar refractivity (Wildman–Crippen MR) is 53.6 cm³/mol. The lowest BCUT2D eigenvalue weighted by Gasteiger charge is -2.03. The largest absolute Gasteiger partial charge is 0.264 e. The highest BCUT2D eigenvalue weighted by Gasteiger charge is 2.01. The minimum atomic E-state index is 0.932. The Morgan fingerprint density at radius 2 is 2.50 bits per heavy atom. The summed E-state index contributed by atoms with van der Waals surface area (Å²) in [5, 5.41) is 0. The molecule has 12 heavy (non-hydrogen) atoms. The molecular formula is C10H12N2. The normalized spacial score (nSPS) is 22.1. The fraction of sp³-hybridized carbons (Fsp3) is 0.200. The second-order valence-corrected chi connectivity index (χ2v) is 2.36. The van der Waals surface area contributed by atoms with Crippen LogP contribution in [0.15, 0.2) is 46.7 Å². The summed E-state index contributed by atoms with van der Waals surface area (Å²) in [5.41, 5.74) is 2.00. The second-order valence-electron chi connectivity index (χ2n) is 2.36. The van der Waals surface area contributed by atoms with Gasteiger partial charge in [0.2, 0.25) is 0 Å². The van der Waals surface area contributed by atoms with Crippen LogP contribution in [-0.4, -0.2) is 11.9 Å². The van der Waals surface area contributed by atoms with E-state index >= 15 is 0 Å². The summed E-state index contributed by atoms with van der Waals surface area (Å²) < 4.78 is 0. The lowest BCUT2D eigenvalue weighted by atomic mass is 10.1. The first-order valence-corrected chi connectivity index (χ1v) is 3.97. The topological polar surface area (TPSA) is 24.7 Å². The van der Waals surface area contributed by atoms with E-state index in [4.69, 9.17) is 0 Å². The van der Waals surface area contributed by atoms with Gasteiger partial charge in [-0.25, -0.2) is 0 Å². The van der Waals surface area contributed by atoms with Gasteiger partial charge in [0, 0.05) is 24.2 Å². The summed E-state index contributed by atoms with van der Waals surface area (Å²) in [5.74, 6) is 0. The Labute approximate surface area is 72.7 Å². The SMILES string of the molecule is C=CN=C1C=CN=C/C1=C/CC. The van der Waals surface area contributed by atoms with Gasteiger partial charge in [0.25, 0.3) is 0 Å². The zero-order valence-corrected chi connectivity index (χ0v) is 7.20. The zero-order valence-electron chi connectivity index (χ0n) is 7.20. The van der Waals surface area contributed by atoms with Crippen molar-refractivity contribution in [3.05, 3.63) is 36.7 Å². The molecule has 0 unspecified atom stereocenters. The molecule has 0 aliphatic carbocycles. The molecule has 2 heteroatoms. The van der Waals surface area contributed by atoms with Gasteiger partial charge in [-0.05, 0) is 12.5 Å². The second kappa shape index (κ2) is 4.44. The summed E-state index contributed by atoms with van der Waals surface area (Å²) in [7, 11) is 0. The standard InChI is InChI=1S/C10H12N2/c1-3-5-9-8-11-7-6-10(9)12-4-2/h4-8H,2-3H2,1H3/b9-5-,12-10?. The fourth-order valence-corrected chi connectivity index (χ4v) is 0.992. The van der Waals surface area contributed by atoms with Gasteiger partial charge in [0.1, 0.15) is 0 Å². The lowest BCUT2D eigenvalue weighted by Crippen LogP contribution is -2.03. The van der Waals surface area contributed by atoms with Gasteiger partial charge in [-0.1, -0.05) is 19.6 Å². The highest BCUT2D eigenvalue weighted by Crippen LogP contribution is 2.04. The van der Waals surface area contributed by atoms with Crippen LogP contribution >= 0.6 is 0 Å². The highest BCUT2D eigenvalue weighted by atomic mass is 14.7. The molecule has 1 heterocycles. The molecule has 0 radical (unpaired) electrons. The maximum Gasteiger partial charge on any atom is 0.0729 e. The smallest absolute Gasteiger partial charge is 0.0729 e. The third-order valence-corrected chi connectivity index (χ3v) is 1.48. The molecule has 1 aliphatic heterocycles. The van der Waals surface area contributed by atoms with E-state index in [1.807, 2.05) is 12.3 Å². The van der Waals surface area contributed by atoms with E-state index in [1.165, 1.54) is 0 Å². The van der Waals surface area contributed by atoms with Crippen LogP contribution in [0, 0.1) is 0 Å². The van der Waals surface area contributed by atoms with Crippen LogP contribution in [-0.2, 0) is 0 Å². The predicted octanol–water partition coefficient (Wildman–Crippen LogP) is 2.51. The van der Waals surface area contributed by atoms with Gasteiger partial charge >= 0.3 is 0 Å².